The van der Waals surface area contributed by atoms with E-state index in [-0.39, 0.29) is 24.3 Å². The molecule has 24 heavy (non-hydrogen) atoms. The standard InChI is InChI=1S/C21H26FNO/c1-6-9-16-19(15-10-7-8-11-18(15)22)17(12-24)21(14(4)5)23-20(16)13(2)3/h6-11,13-14,24H,12H2,1-5H3. The van der Waals surface area contributed by atoms with Crippen molar-refractivity contribution in [2.45, 2.75) is 53.1 Å². The highest BCUT2D eigenvalue weighted by Gasteiger charge is 2.23. The van der Waals surface area contributed by atoms with Gasteiger partial charge in [0.2, 0.25) is 0 Å². The molecular formula is C21H26FNO. The molecule has 0 atom stereocenters. The molecule has 0 aliphatic heterocycles. The Kier molecular flexibility index (Phi) is 5.89. The Morgan fingerprint density at radius 3 is 2.21 bits per heavy atom. The molecule has 1 aromatic carbocycles. The smallest absolute Gasteiger partial charge is 0.131 e. The van der Waals surface area contributed by atoms with Crippen LogP contribution in [-0.2, 0) is 6.61 Å². The van der Waals surface area contributed by atoms with E-state index >= 15 is 0 Å². The number of allylic oxidation sites excluding steroid dienone is 1. The van der Waals surface area contributed by atoms with E-state index in [1.165, 1.54) is 6.07 Å². The third-order valence-electron chi connectivity index (χ3n) is 4.13. The molecule has 0 bridgehead atoms. The lowest BCUT2D eigenvalue weighted by molar-refractivity contribution is 0.280. The normalized spacial score (nSPS) is 11.9. The first-order valence-corrected chi connectivity index (χ1v) is 8.47. The van der Waals surface area contributed by atoms with E-state index in [1.807, 2.05) is 39.0 Å². The first-order chi connectivity index (χ1) is 11.4. The zero-order valence-electron chi connectivity index (χ0n) is 15.1. The van der Waals surface area contributed by atoms with Gasteiger partial charge >= 0.3 is 0 Å². The molecule has 3 heteroatoms. The van der Waals surface area contributed by atoms with E-state index < -0.39 is 0 Å². The Morgan fingerprint density at radius 2 is 1.71 bits per heavy atom. The van der Waals surface area contributed by atoms with Crippen LogP contribution in [0.5, 0.6) is 0 Å². The average molecular weight is 327 g/mol. The molecule has 2 nitrogen and oxygen atoms in total. The highest BCUT2D eigenvalue weighted by molar-refractivity contribution is 5.80. The zero-order chi connectivity index (χ0) is 17.9. The second-order valence-electron chi connectivity index (χ2n) is 6.60. The highest BCUT2D eigenvalue weighted by atomic mass is 19.1. The van der Waals surface area contributed by atoms with E-state index in [2.05, 4.69) is 13.8 Å². The predicted octanol–water partition coefficient (Wildman–Crippen LogP) is 5.66. The predicted molar refractivity (Wildman–Crippen MR) is 98.4 cm³/mol. The van der Waals surface area contributed by atoms with Crippen molar-refractivity contribution < 1.29 is 9.50 Å². The molecule has 0 radical (unpaired) electrons. The summed E-state index contributed by atoms with van der Waals surface area (Å²) < 4.78 is 14.6. The lowest BCUT2D eigenvalue weighted by atomic mass is 9.87. The number of aromatic nitrogens is 1. The van der Waals surface area contributed by atoms with Crippen molar-refractivity contribution in [2.24, 2.45) is 0 Å². The minimum atomic E-state index is -0.284. The van der Waals surface area contributed by atoms with Crippen LogP contribution < -0.4 is 0 Å². The van der Waals surface area contributed by atoms with Gasteiger partial charge in [-0.2, -0.15) is 0 Å². The van der Waals surface area contributed by atoms with Crippen molar-refractivity contribution >= 4 is 6.08 Å². The minimum absolute atomic E-state index is 0.148. The molecule has 2 rings (SSSR count). The first-order valence-electron chi connectivity index (χ1n) is 8.47. The molecule has 0 fully saturated rings. The Morgan fingerprint density at radius 1 is 1.08 bits per heavy atom. The molecule has 1 aromatic heterocycles. The number of hydrogen-bond acceptors (Lipinski definition) is 2. The molecule has 0 amide bonds. The van der Waals surface area contributed by atoms with Crippen LogP contribution >= 0.6 is 0 Å². The molecule has 0 aliphatic carbocycles. The SMILES string of the molecule is CC=Cc1c(C(C)C)nc(C(C)C)c(CO)c1-c1ccccc1F. The fourth-order valence-corrected chi connectivity index (χ4v) is 3.06. The monoisotopic (exact) mass is 327 g/mol. The van der Waals surface area contributed by atoms with Gasteiger partial charge in [0.1, 0.15) is 5.82 Å². The number of hydrogen-bond donors (Lipinski definition) is 1. The molecule has 1 heterocycles. The van der Waals surface area contributed by atoms with Gasteiger partial charge in [-0.25, -0.2) is 4.39 Å². The molecule has 1 N–H and O–H groups in total. The van der Waals surface area contributed by atoms with Crippen molar-refractivity contribution in [2.75, 3.05) is 0 Å². The van der Waals surface area contributed by atoms with Crippen LogP contribution in [0.2, 0.25) is 0 Å². The second-order valence-corrected chi connectivity index (χ2v) is 6.60. The van der Waals surface area contributed by atoms with Crippen molar-refractivity contribution in [3.05, 3.63) is 58.7 Å². The van der Waals surface area contributed by atoms with Gasteiger partial charge in [0.05, 0.1) is 12.3 Å². The molecule has 0 spiro atoms. The van der Waals surface area contributed by atoms with Crippen LogP contribution in [0.3, 0.4) is 0 Å². The number of aliphatic hydroxyl groups is 1. The van der Waals surface area contributed by atoms with E-state index in [0.29, 0.717) is 11.1 Å². The van der Waals surface area contributed by atoms with Crippen LogP contribution in [0, 0.1) is 5.82 Å². The molecular weight excluding hydrogens is 301 g/mol. The van der Waals surface area contributed by atoms with E-state index in [1.54, 1.807) is 12.1 Å². The Labute approximate surface area is 144 Å². The summed E-state index contributed by atoms with van der Waals surface area (Å²) in [5.74, 6) is 0.0651. The average Bonchev–Trinajstić information content (AvgIpc) is 2.54. The molecule has 0 saturated carbocycles. The third kappa shape index (κ3) is 3.41. The van der Waals surface area contributed by atoms with Crippen LogP contribution in [0.1, 0.15) is 69.0 Å². The number of aliphatic hydroxyl groups excluding tert-OH is 1. The number of pyridine rings is 1. The largest absolute Gasteiger partial charge is 0.392 e. The van der Waals surface area contributed by atoms with Gasteiger partial charge in [-0.15, -0.1) is 0 Å². The summed E-state index contributed by atoms with van der Waals surface area (Å²) in [6.07, 6.45) is 3.90. The Bertz CT molecular complexity index is 748. The third-order valence-corrected chi connectivity index (χ3v) is 4.13. The van der Waals surface area contributed by atoms with Gasteiger partial charge in [0.15, 0.2) is 0 Å². The summed E-state index contributed by atoms with van der Waals surface area (Å²) in [6.45, 7) is 10.0. The number of benzene rings is 1. The van der Waals surface area contributed by atoms with Gasteiger partial charge in [-0.1, -0.05) is 58.0 Å². The van der Waals surface area contributed by atoms with Gasteiger partial charge in [-0.3, -0.25) is 4.98 Å². The highest BCUT2D eigenvalue weighted by Crippen LogP contribution is 2.38. The van der Waals surface area contributed by atoms with Crippen LogP contribution in [-0.4, -0.2) is 10.1 Å². The van der Waals surface area contributed by atoms with Crippen molar-refractivity contribution in [3.8, 4) is 11.1 Å². The zero-order valence-corrected chi connectivity index (χ0v) is 15.1. The number of nitrogens with zero attached hydrogens (tertiary/aromatic N) is 1. The molecule has 128 valence electrons. The maximum atomic E-state index is 14.6. The van der Waals surface area contributed by atoms with Crippen LogP contribution in [0.15, 0.2) is 30.3 Å². The summed E-state index contributed by atoms with van der Waals surface area (Å²) in [4.78, 5) is 4.84. The van der Waals surface area contributed by atoms with E-state index in [9.17, 15) is 9.50 Å². The molecule has 0 unspecified atom stereocenters. The van der Waals surface area contributed by atoms with E-state index in [0.717, 1.165) is 22.5 Å². The fourth-order valence-electron chi connectivity index (χ4n) is 3.06. The minimum Gasteiger partial charge on any atom is -0.392 e. The van der Waals surface area contributed by atoms with Crippen molar-refractivity contribution in [1.82, 2.24) is 4.98 Å². The first kappa shape index (κ1) is 18.3. The lowest BCUT2D eigenvalue weighted by Gasteiger charge is -2.23. The summed E-state index contributed by atoms with van der Waals surface area (Å²) in [6, 6.07) is 6.73. The fraction of sp³-hybridized carbons (Fsp3) is 0.381. The summed E-state index contributed by atoms with van der Waals surface area (Å²) in [5, 5.41) is 10.0. The number of rotatable bonds is 5. The molecule has 0 aliphatic rings. The maximum Gasteiger partial charge on any atom is 0.131 e. The Balaban J connectivity index is 2.99. The molecule has 2 aromatic rings. The Hall–Kier alpha value is -2.00. The van der Waals surface area contributed by atoms with Gasteiger partial charge in [0.25, 0.3) is 0 Å². The van der Waals surface area contributed by atoms with Crippen LogP contribution in [0.25, 0.3) is 17.2 Å². The maximum absolute atomic E-state index is 14.6. The quantitative estimate of drug-likeness (QED) is 0.768. The lowest BCUT2D eigenvalue weighted by Crippen LogP contribution is -2.11. The van der Waals surface area contributed by atoms with E-state index in [4.69, 9.17) is 4.98 Å². The molecule has 0 saturated heterocycles. The second kappa shape index (κ2) is 7.71. The summed E-state index contributed by atoms with van der Waals surface area (Å²) >= 11 is 0. The van der Waals surface area contributed by atoms with Crippen molar-refractivity contribution in [3.63, 3.8) is 0 Å². The summed E-state index contributed by atoms with van der Waals surface area (Å²) in [5.41, 5.74) is 4.66. The van der Waals surface area contributed by atoms with Crippen molar-refractivity contribution in [1.29, 1.82) is 0 Å². The topological polar surface area (TPSA) is 33.1 Å². The van der Waals surface area contributed by atoms with Gasteiger partial charge in [0, 0.05) is 27.9 Å². The summed E-state index contributed by atoms with van der Waals surface area (Å²) in [7, 11) is 0. The van der Waals surface area contributed by atoms with Crippen LogP contribution in [0.4, 0.5) is 4.39 Å². The number of halogens is 1. The van der Waals surface area contributed by atoms with Gasteiger partial charge in [-0.05, 0) is 24.8 Å². The van der Waals surface area contributed by atoms with Gasteiger partial charge < -0.3 is 5.11 Å².